The predicted octanol–water partition coefficient (Wildman–Crippen LogP) is 1.99. The zero-order chi connectivity index (χ0) is 11.0. The number of carbonyl (C=O) groups excluding carboxylic acids is 1. The normalized spacial score (nSPS) is 8.57. The van der Waals surface area contributed by atoms with Gasteiger partial charge in [0.1, 0.15) is 0 Å². The largest absolute Gasteiger partial charge is 0.465 e. The predicted molar refractivity (Wildman–Crippen MR) is 55.1 cm³/mol. The Kier molecular flexibility index (Phi) is 6.41. The van der Waals surface area contributed by atoms with Crippen molar-refractivity contribution in [3.63, 3.8) is 0 Å². The molecule has 0 bridgehead atoms. The maximum absolute atomic E-state index is 10.9. The van der Waals surface area contributed by atoms with Crippen LogP contribution in [0.15, 0.2) is 24.3 Å². The Morgan fingerprint density at radius 1 is 1.29 bits per heavy atom. The van der Waals surface area contributed by atoms with Crippen LogP contribution in [0.2, 0.25) is 0 Å². The van der Waals surface area contributed by atoms with E-state index in [0.717, 1.165) is 5.56 Å². The van der Waals surface area contributed by atoms with Crippen molar-refractivity contribution in [3.05, 3.63) is 35.4 Å². The maximum atomic E-state index is 10.9. The highest BCUT2D eigenvalue weighted by Gasteiger charge is 2.02. The second-order valence-electron chi connectivity index (χ2n) is 2.35. The molecule has 0 spiro atoms. The lowest BCUT2D eigenvalue weighted by Gasteiger charge is -1.99. The molecule has 0 aromatic heterocycles. The highest BCUT2D eigenvalue weighted by atomic mass is 16.5. The van der Waals surface area contributed by atoms with E-state index in [4.69, 9.17) is 5.11 Å². The van der Waals surface area contributed by atoms with Crippen molar-refractivity contribution in [3.8, 4) is 0 Å². The summed E-state index contributed by atoms with van der Waals surface area (Å²) in [5, 5.41) is 8.71. The Morgan fingerprint density at radius 2 is 1.79 bits per heavy atom. The van der Waals surface area contributed by atoms with Gasteiger partial charge in [-0.05, 0) is 17.7 Å². The summed E-state index contributed by atoms with van der Waals surface area (Å²) in [6.07, 6.45) is 0. The number of rotatable bonds is 2. The third-order valence-corrected chi connectivity index (χ3v) is 1.56. The van der Waals surface area contributed by atoms with Crippen LogP contribution in [0.3, 0.4) is 0 Å². The van der Waals surface area contributed by atoms with E-state index in [1.807, 2.05) is 13.8 Å². The number of hydrogen-bond donors (Lipinski definition) is 1. The number of methoxy groups -OCH3 is 1. The standard InChI is InChI=1S/C9H10O3.C2H6/c1-12-9(11)8-4-2-7(6-10)3-5-8;1-2/h2-5,10H,6H2,1H3;1-2H3. The molecule has 3 heteroatoms. The van der Waals surface area contributed by atoms with Crippen molar-refractivity contribution >= 4 is 5.97 Å². The van der Waals surface area contributed by atoms with Crippen molar-refractivity contribution in [1.29, 1.82) is 0 Å². The molecule has 78 valence electrons. The SMILES string of the molecule is CC.COC(=O)c1ccc(CO)cc1. The number of hydrogen-bond acceptors (Lipinski definition) is 3. The Morgan fingerprint density at radius 3 is 2.14 bits per heavy atom. The molecule has 0 aliphatic carbocycles. The molecule has 14 heavy (non-hydrogen) atoms. The number of aliphatic hydroxyl groups excluding tert-OH is 1. The Balaban J connectivity index is 0.000000791. The monoisotopic (exact) mass is 196 g/mol. The summed E-state index contributed by atoms with van der Waals surface area (Å²) in [5.41, 5.74) is 1.28. The zero-order valence-electron chi connectivity index (χ0n) is 8.78. The summed E-state index contributed by atoms with van der Waals surface area (Å²) < 4.78 is 4.51. The number of aliphatic hydroxyl groups is 1. The number of carbonyl (C=O) groups is 1. The quantitative estimate of drug-likeness (QED) is 0.736. The molecule has 0 aliphatic rings. The fraction of sp³-hybridized carbons (Fsp3) is 0.364. The van der Waals surface area contributed by atoms with Gasteiger partial charge in [-0.3, -0.25) is 0 Å². The lowest BCUT2D eigenvalue weighted by molar-refractivity contribution is 0.0600. The average Bonchev–Trinajstić information content (AvgIpc) is 2.31. The minimum Gasteiger partial charge on any atom is -0.465 e. The van der Waals surface area contributed by atoms with E-state index in [0.29, 0.717) is 5.56 Å². The van der Waals surface area contributed by atoms with Gasteiger partial charge in [-0.1, -0.05) is 26.0 Å². The molecule has 3 nitrogen and oxygen atoms in total. The summed E-state index contributed by atoms with van der Waals surface area (Å²) in [6.45, 7) is 3.99. The summed E-state index contributed by atoms with van der Waals surface area (Å²) in [4.78, 5) is 10.9. The van der Waals surface area contributed by atoms with E-state index in [-0.39, 0.29) is 12.6 Å². The van der Waals surface area contributed by atoms with Gasteiger partial charge in [-0.25, -0.2) is 4.79 Å². The molecular formula is C11H16O3. The average molecular weight is 196 g/mol. The number of ether oxygens (including phenoxy) is 1. The molecule has 1 aromatic rings. The van der Waals surface area contributed by atoms with E-state index >= 15 is 0 Å². The van der Waals surface area contributed by atoms with Gasteiger partial charge in [0.2, 0.25) is 0 Å². The molecule has 0 unspecified atom stereocenters. The lowest BCUT2D eigenvalue weighted by Crippen LogP contribution is -2.00. The van der Waals surface area contributed by atoms with Crippen LogP contribution < -0.4 is 0 Å². The summed E-state index contributed by atoms with van der Waals surface area (Å²) in [6, 6.07) is 6.62. The Hall–Kier alpha value is -1.35. The fourth-order valence-corrected chi connectivity index (χ4v) is 0.864. The lowest BCUT2D eigenvalue weighted by atomic mass is 10.1. The summed E-state index contributed by atoms with van der Waals surface area (Å²) in [5.74, 6) is -0.362. The van der Waals surface area contributed by atoms with E-state index < -0.39 is 0 Å². The minimum absolute atomic E-state index is 0.0124. The van der Waals surface area contributed by atoms with E-state index in [2.05, 4.69) is 4.74 Å². The zero-order valence-corrected chi connectivity index (χ0v) is 8.78. The van der Waals surface area contributed by atoms with Crippen LogP contribution in [-0.4, -0.2) is 18.2 Å². The van der Waals surface area contributed by atoms with Gasteiger partial charge in [0.25, 0.3) is 0 Å². The van der Waals surface area contributed by atoms with Crippen molar-refractivity contribution < 1.29 is 14.6 Å². The molecule has 0 amide bonds. The summed E-state index contributed by atoms with van der Waals surface area (Å²) >= 11 is 0. The summed E-state index contributed by atoms with van der Waals surface area (Å²) in [7, 11) is 1.34. The molecule has 1 N–H and O–H groups in total. The Bertz CT molecular complexity index is 264. The second-order valence-corrected chi connectivity index (χ2v) is 2.35. The number of benzene rings is 1. The van der Waals surface area contributed by atoms with Crippen molar-refractivity contribution in [2.24, 2.45) is 0 Å². The maximum Gasteiger partial charge on any atom is 0.337 e. The fourth-order valence-electron chi connectivity index (χ4n) is 0.864. The van der Waals surface area contributed by atoms with Crippen LogP contribution in [0.25, 0.3) is 0 Å². The Labute approximate surface area is 84.3 Å². The molecule has 0 saturated heterocycles. The van der Waals surface area contributed by atoms with Crippen molar-refractivity contribution in [2.75, 3.05) is 7.11 Å². The van der Waals surface area contributed by atoms with Crippen molar-refractivity contribution in [1.82, 2.24) is 0 Å². The van der Waals surface area contributed by atoms with Crippen LogP contribution in [0.5, 0.6) is 0 Å². The smallest absolute Gasteiger partial charge is 0.337 e. The topological polar surface area (TPSA) is 46.5 Å². The van der Waals surface area contributed by atoms with Gasteiger partial charge in [0, 0.05) is 0 Å². The second kappa shape index (κ2) is 7.09. The third-order valence-electron chi connectivity index (χ3n) is 1.56. The van der Waals surface area contributed by atoms with Crippen LogP contribution in [0.1, 0.15) is 29.8 Å². The molecule has 0 heterocycles. The highest BCUT2D eigenvalue weighted by molar-refractivity contribution is 5.89. The van der Waals surface area contributed by atoms with Gasteiger partial charge in [-0.2, -0.15) is 0 Å². The van der Waals surface area contributed by atoms with Crippen LogP contribution in [0.4, 0.5) is 0 Å². The first-order valence-electron chi connectivity index (χ1n) is 4.56. The minimum atomic E-state index is -0.362. The van der Waals surface area contributed by atoms with E-state index in [9.17, 15) is 4.79 Å². The van der Waals surface area contributed by atoms with Gasteiger partial charge in [-0.15, -0.1) is 0 Å². The molecule has 0 atom stereocenters. The first-order valence-corrected chi connectivity index (χ1v) is 4.56. The first kappa shape index (κ1) is 12.7. The molecule has 0 fully saturated rings. The molecule has 1 aromatic carbocycles. The van der Waals surface area contributed by atoms with E-state index in [1.54, 1.807) is 24.3 Å². The highest BCUT2D eigenvalue weighted by Crippen LogP contribution is 2.04. The molecule has 1 rings (SSSR count). The molecular weight excluding hydrogens is 180 g/mol. The van der Waals surface area contributed by atoms with Crippen molar-refractivity contribution in [2.45, 2.75) is 20.5 Å². The van der Waals surface area contributed by atoms with Gasteiger partial charge in [0.05, 0.1) is 19.3 Å². The van der Waals surface area contributed by atoms with Gasteiger partial charge < -0.3 is 9.84 Å². The van der Waals surface area contributed by atoms with Crippen LogP contribution >= 0.6 is 0 Å². The molecule has 0 saturated carbocycles. The molecule has 0 aliphatic heterocycles. The van der Waals surface area contributed by atoms with Gasteiger partial charge >= 0.3 is 5.97 Å². The first-order chi connectivity index (χ1) is 6.77. The number of esters is 1. The van der Waals surface area contributed by atoms with Crippen LogP contribution in [0, 0.1) is 0 Å². The molecule has 0 radical (unpaired) electrons. The van der Waals surface area contributed by atoms with Crippen LogP contribution in [-0.2, 0) is 11.3 Å². The van der Waals surface area contributed by atoms with E-state index in [1.165, 1.54) is 7.11 Å². The van der Waals surface area contributed by atoms with Gasteiger partial charge in [0.15, 0.2) is 0 Å². The third kappa shape index (κ3) is 3.58.